The number of esters is 1. The van der Waals surface area contributed by atoms with Gasteiger partial charge >= 0.3 is 5.97 Å². The summed E-state index contributed by atoms with van der Waals surface area (Å²) in [6.07, 6.45) is 2.08. The number of benzene rings is 3. The van der Waals surface area contributed by atoms with Crippen LogP contribution in [-0.4, -0.2) is 17.9 Å². The molecule has 0 aliphatic rings. The van der Waals surface area contributed by atoms with E-state index in [-0.39, 0.29) is 5.78 Å². The van der Waals surface area contributed by atoms with Gasteiger partial charge in [-0.05, 0) is 48.4 Å². The summed E-state index contributed by atoms with van der Waals surface area (Å²) in [5, 5.41) is 0.687. The van der Waals surface area contributed by atoms with E-state index in [9.17, 15) is 9.59 Å². The van der Waals surface area contributed by atoms with E-state index < -0.39 is 12.1 Å². The molecule has 0 N–H and O–H groups in total. The van der Waals surface area contributed by atoms with Crippen molar-refractivity contribution in [3.05, 3.63) is 107 Å². The Morgan fingerprint density at radius 2 is 1.60 bits per heavy atom. The Hall–Kier alpha value is -3.37. The third-order valence-electron chi connectivity index (χ3n) is 4.33. The predicted molar refractivity (Wildman–Crippen MR) is 118 cm³/mol. The summed E-state index contributed by atoms with van der Waals surface area (Å²) in [7, 11) is 0. The average Bonchev–Trinajstić information content (AvgIpc) is 2.78. The molecule has 30 heavy (non-hydrogen) atoms. The first-order valence-electron chi connectivity index (χ1n) is 9.46. The van der Waals surface area contributed by atoms with Crippen LogP contribution in [0.2, 0.25) is 5.02 Å². The Balaban J connectivity index is 1.49. The lowest BCUT2D eigenvalue weighted by Gasteiger charge is -2.10. The van der Waals surface area contributed by atoms with E-state index in [0.717, 1.165) is 11.1 Å². The van der Waals surface area contributed by atoms with Crippen molar-refractivity contribution in [2.75, 3.05) is 0 Å². The predicted octanol–water partition coefficient (Wildman–Crippen LogP) is 5.75. The summed E-state index contributed by atoms with van der Waals surface area (Å²) < 4.78 is 10.9. The minimum Gasteiger partial charge on any atom is -0.489 e. The molecule has 0 aromatic heterocycles. The summed E-state index contributed by atoms with van der Waals surface area (Å²) in [6.45, 7) is 2.00. The highest BCUT2D eigenvalue weighted by Gasteiger charge is 2.17. The smallest absolute Gasteiger partial charge is 0.331 e. The number of ketones is 1. The average molecular weight is 421 g/mol. The summed E-state index contributed by atoms with van der Waals surface area (Å²) in [5.74, 6) is -0.0962. The van der Waals surface area contributed by atoms with Crippen molar-refractivity contribution in [2.24, 2.45) is 0 Å². The lowest BCUT2D eigenvalue weighted by molar-refractivity contribution is -0.140. The molecule has 0 aliphatic carbocycles. The molecule has 0 heterocycles. The van der Waals surface area contributed by atoms with Gasteiger partial charge in [0.05, 0.1) is 0 Å². The van der Waals surface area contributed by atoms with Crippen LogP contribution >= 0.6 is 11.6 Å². The molecule has 3 rings (SSSR count). The van der Waals surface area contributed by atoms with Crippen molar-refractivity contribution in [1.29, 1.82) is 0 Å². The van der Waals surface area contributed by atoms with E-state index in [0.29, 0.717) is 22.9 Å². The highest BCUT2D eigenvalue weighted by Crippen LogP contribution is 2.16. The maximum Gasteiger partial charge on any atom is 0.331 e. The topological polar surface area (TPSA) is 52.6 Å². The lowest BCUT2D eigenvalue weighted by Crippen LogP contribution is -2.23. The Bertz CT molecular complexity index is 1010. The van der Waals surface area contributed by atoms with Crippen molar-refractivity contribution in [3.63, 3.8) is 0 Å². The van der Waals surface area contributed by atoms with Gasteiger partial charge < -0.3 is 9.47 Å². The maximum atomic E-state index is 12.3. The second-order valence-corrected chi connectivity index (χ2v) is 7.06. The molecule has 0 fully saturated rings. The zero-order valence-electron chi connectivity index (χ0n) is 16.5. The van der Waals surface area contributed by atoms with E-state index in [1.54, 1.807) is 37.3 Å². The first-order chi connectivity index (χ1) is 14.5. The Kier molecular flexibility index (Phi) is 7.41. The molecule has 0 radical (unpaired) electrons. The van der Waals surface area contributed by atoms with Gasteiger partial charge in [0.1, 0.15) is 12.4 Å². The van der Waals surface area contributed by atoms with Crippen LogP contribution in [-0.2, 0) is 16.1 Å². The molecule has 0 saturated carbocycles. The Morgan fingerprint density at radius 1 is 0.933 bits per heavy atom. The van der Waals surface area contributed by atoms with Crippen molar-refractivity contribution >= 4 is 29.4 Å². The van der Waals surface area contributed by atoms with E-state index in [4.69, 9.17) is 21.1 Å². The molecule has 3 aromatic carbocycles. The summed E-state index contributed by atoms with van der Waals surface area (Å²) in [4.78, 5) is 24.3. The minimum absolute atomic E-state index is 0.237. The van der Waals surface area contributed by atoms with Crippen LogP contribution in [0.1, 0.15) is 28.4 Å². The van der Waals surface area contributed by atoms with Crippen molar-refractivity contribution in [2.45, 2.75) is 19.6 Å². The third kappa shape index (κ3) is 6.33. The first-order valence-corrected chi connectivity index (χ1v) is 9.84. The van der Waals surface area contributed by atoms with Gasteiger partial charge in [-0.2, -0.15) is 0 Å². The second kappa shape index (κ2) is 10.4. The van der Waals surface area contributed by atoms with Crippen LogP contribution in [0.25, 0.3) is 6.08 Å². The molecule has 0 bridgehead atoms. The number of carbonyl (C=O) groups excluding carboxylic acids is 2. The molecule has 152 valence electrons. The minimum atomic E-state index is -0.854. The first kappa shape index (κ1) is 21.3. The van der Waals surface area contributed by atoms with Crippen LogP contribution in [0.4, 0.5) is 0 Å². The number of halogens is 1. The van der Waals surface area contributed by atoms with Gasteiger partial charge in [-0.25, -0.2) is 4.79 Å². The largest absolute Gasteiger partial charge is 0.489 e. The van der Waals surface area contributed by atoms with Crippen LogP contribution in [0.5, 0.6) is 5.75 Å². The van der Waals surface area contributed by atoms with Crippen molar-refractivity contribution in [3.8, 4) is 5.75 Å². The molecule has 3 aromatic rings. The Labute approximate surface area is 180 Å². The van der Waals surface area contributed by atoms with Gasteiger partial charge in [-0.15, -0.1) is 0 Å². The SMILES string of the molecule is CC(OC(=O)/C=C/c1ccc(OCc2ccc(Cl)cc2)cc1)C(=O)c1ccccc1. The second-order valence-electron chi connectivity index (χ2n) is 6.63. The molecule has 0 saturated heterocycles. The quantitative estimate of drug-likeness (QED) is 0.264. The molecule has 0 amide bonds. The van der Waals surface area contributed by atoms with Crippen LogP contribution in [0.15, 0.2) is 84.9 Å². The fourth-order valence-corrected chi connectivity index (χ4v) is 2.82. The fourth-order valence-electron chi connectivity index (χ4n) is 2.69. The molecular weight excluding hydrogens is 400 g/mol. The van der Waals surface area contributed by atoms with Gasteiger partial charge in [0.25, 0.3) is 0 Å². The van der Waals surface area contributed by atoms with E-state index >= 15 is 0 Å². The Morgan fingerprint density at radius 3 is 2.27 bits per heavy atom. The summed E-state index contributed by atoms with van der Waals surface area (Å²) in [6, 6.07) is 23.5. The maximum absolute atomic E-state index is 12.3. The molecule has 1 unspecified atom stereocenters. The standard InChI is InChI=1S/C25H21ClO4/c1-18(25(28)21-5-3-2-4-6-21)30-24(27)16-11-19-9-14-23(15-10-19)29-17-20-7-12-22(26)13-8-20/h2-16,18H,17H2,1H3/b16-11+. The zero-order chi connectivity index (χ0) is 21.3. The van der Waals surface area contributed by atoms with Crippen LogP contribution < -0.4 is 4.74 Å². The van der Waals surface area contributed by atoms with Gasteiger partial charge in [0.15, 0.2) is 6.10 Å². The highest BCUT2D eigenvalue weighted by atomic mass is 35.5. The molecule has 1 atom stereocenters. The number of rotatable bonds is 8. The molecular formula is C25H21ClO4. The number of carbonyl (C=O) groups is 2. The van der Waals surface area contributed by atoms with E-state index in [1.807, 2.05) is 54.6 Å². The van der Waals surface area contributed by atoms with Crippen LogP contribution in [0.3, 0.4) is 0 Å². The normalized spacial score (nSPS) is 11.8. The van der Waals surface area contributed by atoms with Gasteiger partial charge in [-0.1, -0.05) is 66.2 Å². The van der Waals surface area contributed by atoms with E-state index in [1.165, 1.54) is 6.08 Å². The molecule has 0 aliphatic heterocycles. The zero-order valence-corrected chi connectivity index (χ0v) is 17.2. The van der Waals surface area contributed by atoms with Crippen molar-refractivity contribution in [1.82, 2.24) is 0 Å². The number of hydrogen-bond donors (Lipinski definition) is 0. The van der Waals surface area contributed by atoms with Gasteiger partial charge in [-0.3, -0.25) is 4.79 Å². The summed E-state index contributed by atoms with van der Waals surface area (Å²) in [5.41, 5.74) is 2.34. The number of Topliss-reactive ketones (excluding diaryl/α,β-unsaturated/α-hetero) is 1. The lowest BCUT2D eigenvalue weighted by atomic mass is 10.1. The van der Waals surface area contributed by atoms with Crippen molar-refractivity contribution < 1.29 is 19.1 Å². The number of ether oxygens (including phenoxy) is 2. The molecule has 5 heteroatoms. The monoisotopic (exact) mass is 420 g/mol. The molecule has 4 nitrogen and oxygen atoms in total. The van der Waals surface area contributed by atoms with E-state index in [2.05, 4.69) is 0 Å². The number of hydrogen-bond acceptors (Lipinski definition) is 4. The summed E-state index contributed by atoms with van der Waals surface area (Å²) >= 11 is 5.87. The third-order valence-corrected chi connectivity index (χ3v) is 4.58. The van der Waals surface area contributed by atoms with Gasteiger partial charge in [0, 0.05) is 16.7 Å². The van der Waals surface area contributed by atoms with Crippen LogP contribution in [0, 0.1) is 0 Å². The molecule has 0 spiro atoms. The fraction of sp³-hybridized carbons (Fsp3) is 0.120. The van der Waals surface area contributed by atoms with Gasteiger partial charge in [0.2, 0.25) is 5.78 Å². The highest BCUT2D eigenvalue weighted by molar-refractivity contribution is 6.30.